The maximum atomic E-state index is 9.74. The lowest BCUT2D eigenvalue weighted by Crippen LogP contribution is -2.22. The smallest absolute Gasteiger partial charge is 0.0617 e. The summed E-state index contributed by atoms with van der Waals surface area (Å²) >= 11 is 0. The van der Waals surface area contributed by atoms with Gasteiger partial charge in [0.25, 0.3) is 0 Å². The van der Waals surface area contributed by atoms with Crippen molar-refractivity contribution in [2.45, 2.75) is 58.5 Å². The van der Waals surface area contributed by atoms with E-state index >= 15 is 0 Å². The second-order valence-corrected chi connectivity index (χ2v) is 4.43. The monoisotopic (exact) mass is 187 g/mol. The summed E-state index contributed by atoms with van der Waals surface area (Å²) in [5.41, 5.74) is 5.01. The minimum Gasteiger partial charge on any atom is -0.390 e. The van der Waals surface area contributed by atoms with Crippen LogP contribution in [0.2, 0.25) is 0 Å². The quantitative estimate of drug-likeness (QED) is 0.642. The number of hydrogen-bond acceptors (Lipinski definition) is 2. The lowest BCUT2D eigenvalue weighted by Gasteiger charge is -2.21. The van der Waals surface area contributed by atoms with E-state index in [2.05, 4.69) is 6.92 Å². The van der Waals surface area contributed by atoms with Gasteiger partial charge in [0.05, 0.1) is 5.60 Å². The number of nitrogens with two attached hydrogens (primary N) is 1. The van der Waals surface area contributed by atoms with Gasteiger partial charge in [-0.05, 0) is 38.6 Å². The minimum atomic E-state index is -0.456. The molecule has 0 amide bonds. The highest BCUT2D eigenvalue weighted by Gasteiger charge is 2.16. The van der Waals surface area contributed by atoms with Crippen molar-refractivity contribution in [2.24, 2.45) is 11.7 Å². The predicted octanol–water partition coefficient (Wildman–Crippen LogP) is 2.30. The molecule has 0 aromatic heterocycles. The number of rotatable bonds is 7. The zero-order chi connectivity index (χ0) is 10.3. The number of hydrogen-bond donors (Lipinski definition) is 2. The van der Waals surface area contributed by atoms with Crippen molar-refractivity contribution in [1.82, 2.24) is 0 Å². The summed E-state index contributed by atoms with van der Waals surface area (Å²) in [6.07, 6.45) is 5.17. The van der Waals surface area contributed by atoms with Crippen LogP contribution in [0.25, 0.3) is 0 Å². The fourth-order valence-corrected chi connectivity index (χ4v) is 1.44. The van der Waals surface area contributed by atoms with Gasteiger partial charge in [-0.25, -0.2) is 0 Å². The minimum absolute atomic E-state index is 0.456. The molecule has 2 nitrogen and oxygen atoms in total. The SMILES string of the molecule is CCC(C)(O)CCCC(C)CCN. The molecule has 0 bridgehead atoms. The van der Waals surface area contributed by atoms with Crippen molar-refractivity contribution in [3.8, 4) is 0 Å². The van der Waals surface area contributed by atoms with Crippen molar-refractivity contribution in [1.29, 1.82) is 0 Å². The van der Waals surface area contributed by atoms with Gasteiger partial charge in [-0.3, -0.25) is 0 Å². The van der Waals surface area contributed by atoms with E-state index in [0.29, 0.717) is 5.92 Å². The molecular weight excluding hydrogens is 162 g/mol. The Morgan fingerprint density at radius 2 is 2.00 bits per heavy atom. The van der Waals surface area contributed by atoms with E-state index in [1.807, 2.05) is 13.8 Å². The molecule has 0 fully saturated rings. The molecule has 0 aliphatic carbocycles. The molecule has 0 aliphatic rings. The van der Waals surface area contributed by atoms with Crippen LogP contribution in [-0.4, -0.2) is 17.3 Å². The summed E-state index contributed by atoms with van der Waals surface area (Å²) in [5.74, 6) is 0.706. The Morgan fingerprint density at radius 3 is 2.46 bits per heavy atom. The van der Waals surface area contributed by atoms with Gasteiger partial charge >= 0.3 is 0 Å². The summed E-state index contributed by atoms with van der Waals surface area (Å²) in [5, 5.41) is 9.74. The molecule has 2 atom stereocenters. The molecule has 0 aromatic carbocycles. The molecule has 0 aliphatic heterocycles. The molecule has 80 valence electrons. The Kier molecular flexibility index (Phi) is 6.35. The summed E-state index contributed by atoms with van der Waals surface area (Å²) < 4.78 is 0. The molecule has 0 spiro atoms. The van der Waals surface area contributed by atoms with Crippen LogP contribution in [0.4, 0.5) is 0 Å². The maximum Gasteiger partial charge on any atom is 0.0617 e. The topological polar surface area (TPSA) is 46.2 Å². The van der Waals surface area contributed by atoms with Crippen LogP contribution >= 0.6 is 0 Å². The molecular formula is C11H25NO. The largest absolute Gasteiger partial charge is 0.390 e. The Hall–Kier alpha value is -0.0800. The average Bonchev–Trinajstić information content (AvgIpc) is 2.05. The molecule has 0 saturated heterocycles. The van der Waals surface area contributed by atoms with Crippen molar-refractivity contribution < 1.29 is 5.11 Å². The van der Waals surface area contributed by atoms with Crippen LogP contribution in [0.1, 0.15) is 52.9 Å². The fourth-order valence-electron chi connectivity index (χ4n) is 1.44. The maximum absolute atomic E-state index is 9.74. The van der Waals surface area contributed by atoms with E-state index in [0.717, 1.165) is 32.2 Å². The zero-order valence-corrected chi connectivity index (χ0v) is 9.34. The second kappa shape index (κ2) is 6.39. The molecule has 0 aromatic rings. The standard InChI is InChI=1S/C11H25NO/c1-4-11(3,13)8-5-6-10(2)7-9-12/h10,13H,4-9,12H2,1-3H3. The van der Waals surface area contributed by atoms with Gasteiger partial charge in [-0.15, -0.1) is 0 Å². The lowest BCUT2D eigenvalue weighted by atomic mass is 9.92. The van der Waals surface area contributed by atoms with E-state index in [1.165, 1.54) is 6.42 Å². The highest BCUT2D eigenvalue weighted by Crippen LogP contribution is 2.20. The summed E-state index contributed by atoms with van der Waals surface area (Å²) in [6.45, 7) is 6.96. The summed E-state index contributed by atoms with van der Waals surface area (Å²) in [7, 11) is 0. The van der Waals surface area contributed by atoms with Gasteiger partial charge in [0.1, 0.15) is 0 Å². The van der Waals surface area contributed by atoms with Crippen LogP contribution in [0.3, 0.4) is 0 Å². The molecule has 3 N–H and O–H groups in total. The van der Waals surface area contributed by atoms with Gasteiger partial charge < -0.3 is 10.8 Å². The first kappa shape index (κ1) is 12.9. The van der Waals surface area contributed by atoms with Gasteiger partial charge in [0.2, 0.25) is 0 Å². The van der Waals surface area contributed by atoms with Gasteiger partial charge in [-0.1, -0.05) is 26.7 Å². The van der Waals surface area contributed by atoms with Crippen molar-refractivity contribution in [2.75, 3.05) is 6.54 Å². The fraction of sp³-hybridized carbons (Fsp3) is 1.00. The van der Waals surface area contributed by atoms with Gasteiger partial charge in [0, 0.05) is 0 Å². The van der Waals surface area contributed by atoms with Crippen molar-refractivity contribution in [3.05, 3.63) is 0 Å². The summed E-state index contributed by atoms with van der Waals surface area (Å²) in [4.78, 5) is 0. The Balaban J connectivity index is 3.44. The van der Waals surface area contributed by atoms with Crippen LogP contribution in [0.5, 0.6) is 0 Å². The number of aliphatic hydroxyl groups is 1. The molecule has 0 heterocycles. The third kappa shape index (κ3) is 7.03. The van der Waals surface area contributed by atoms with E-state index < -0.39 is 5.60 Å². The molecule has 13 heavy (non-hydrogen) atoms. The average molecular weight is 187 g/mol. The summed E-state index contributed by atoms with van der Waals surface area (Å²) in [6, 6.07) is 0. The van der Waals surface area contributed by atoms with Crippen molar-refractivity contribution in [3.63, 3.8) is 0 Å². The Bertz CT molecular complexity index is 123. The van der Waals surface area contributed by atoms with E-state index in [9.17, 15) is 5.11 Å². The third-order valence-electron chi connectivity index (χ3n) is 2.83. The lowest BCUT2D eigenvalue weighted by molar-refractivity contribution is 0.0433. The van der Waals surface area contributed by atoms with E-state index in [1.54, 1.807) is 0 Å². The van der Waals surface area contributed by atoms with Crippen LogP contribution in [0.15, 0.2) is 0 Å². The predicted molar refractivity (Wildman–Crippen MR) is 57.6 cm³/mol. The van der Waals surface area contributed by atoms with Gasteiger partial charge in [-0.2, -0.15) is 0 Å². The first-order valence-electron chi connectivity index (χ1n) is 5.44. The molecule has 0 rings (SSSR count). The Morgan fingerprint density at radius 1 is 1.38 bits per heavy atom. The first-order valence-corrected chi connectivity index (χ1v) is 5.44. The third-order valence-corrected chi connectivity index (χ3v) is 2.83. The van der Waals surface area contributed by atoms with Crippen LogP contribution < -0.4 is 5.73 Å². The van der Waals surface area contributed by atoms with Gasteiger partial charge in [0.15, 0.2) is 0 Å². The zero-order valence-electron chi connectivity index (χ0n) is 9.34. The molecule has 2 heteroatoms. The first-order chi connectivity index (χ1) is 6.02. The van der Waals surface area contributed by atoms with Crippen LogP contribution in [-0.2, 0) is 0 Å². The molecule has 2 unspecified atom stereocenters. The molecule has 0 radical (unpaired) electrons. The normalized spacial score (nSPS) is 18.2. The highest BCUT2D eigenvalue weighted by molar-refractivity contribution is 4.70. The second-order valence-electron chi connectivity index (χ2n) is 4.43. The van der Waals surface area contributed by atoms with E-state index in [-0.39, 0.29) is 0 Å². The van der Waals surface area contributed by atoms with E-state index in [4.69, 9.17) is 5.73 Å². The van der Waals surface area contributed by atoms with Crippen LogP contribution in [0, 0.1) is 5.92 Å². The molecule has 0 saturated carbocycles. The Labute approximate surface area is 82.5 Å². The highest BCUT2D eigenvalue weighted by atomic mass is 16.3. The van der Waals surface area contributed by atoms with Crippen molar-refractivity contribution >= 4 is 0 Å².